The normalized spacial score (nSPS) is 21.4. The van der Waals surface area contributed by atoms with Crippen molar-refractivity contribution in [3.63, 3.8) is 0 Å². The second kappa shape index (κ2) is 7.44. The first-order valence-electron chi connectivity index (χ1n) is 9.34. The molecule has 2 unspecified atom stereocenters. The summed E-state index contributed by atoms with van der Waals surface area (Å²) in [6.07, 6.45) is 2.80. The van der Waals surface area contributed by atoms with Crippen LogP contribution in [-0.4, -0.2) is 27.1 Å². The van der Waals surface area contributed by atoms with Crippen molar-refractivity contribution < 1.29 is 9.16 Å². The van der Waals surface area contributed by atoms with Crippen molar-refractivity contribution in [3.05, 3.63) is 60.7 Å². The Kier molecular flexibility index (Phi) is 5.47. The van der Waals surface area contributed by atoms with Crippen LogP contribution < -0.4 is 10.4 Å². The Morgan fingerprint density at radius 2 is 1.44 bits per heavy atom. The van der Waals surface area contributed by atoms with Crippen LogP contribution in [0.25, 0.3) is 0 Å². The molecule has 0 saturated carbocycles. The smallest absolute Gasteiger partial charge is 0.261 e. The standard InChI is InChI=1S/C22H30O2Si/c1-18-15-16-19(24-18)17-23-25(22(2,3)4,20-11-7-5-8-12-20)21-13-9-6-10-14-21/h5-14,18-19H,15-17H2,1-4H3. The zero-order chi connectivity index (χ0) is 17.9. The van der Waals surface area contributed by atoms with Crippen LogP contribution in [0.1, 0.15) is 40.5 Å². The summed E-state index contributed by atoms with van der Waals surface area (Å²) in [5, 5.41) is 2.69. The largest absolute Gasteiger partial charge is 0.405 e. The summed E-state index contributed by atoms with van der Waals surface area (Å²) in [6.45, 7) is 9.78. The SMILES string of the molecule is CC1CCC(CO[Si](c2ccccc2)(c2ccccc2)C(C)(C)C)O1. The third kappa shape index (κ3) is 3.74. The summed E-state index contributed by atoms with van der Waals surface area (Å²) in [5.74, 6) is 0. The molecule has 1 fully saturated rings. The van der Waals surface area contributed by atoms with Crippen LogP contribution >= 0.6 is 0 Å². The van der Waals surface area contributed by atoms with Crippen molar-refractivity contribution >= 4 is 18.7 Å². The van der Waals surface area contributed by atoms with Crippen LogP contribution in [0, 0.1) is 0 Å². The molecule has 0 spiro atoms. The molecule has 134 valence electrons. The molecule has 1 heterocycles. The fraction of sp³-hybridized carbons (Fsp3) is 0.455. The summed E-state index contributed by atoms with van der Waals surface area (Å²) in [4.78, 5) is 0. The van der Waals surface area contributed by atoms with E-state index in [9.17, 15) is 0 Å². The highest BCUT2D eigenvalue weighted by molar-refractivity contribution is 6.99. The van der Waals surface area contributed by atoms with Crippen molar-refractivity contribution in [1.82, 2.24) is 0 Å². The van der Waals surface area contributed by atoms with Crippen molar-refractivity contribution in [2.45, 2.75) is 57.8 Å². The molecule has 2 nitrogen and oxygen atoms in total. The lowest BCUT2D eigenvalue weighted by atomic mass is 10.2. The Balaban J connectivity index is 2.02. The summed E-state index contributed by atoms with van der Waals surface area (Å²) in [5.41, 5.74) is 0. The molecule has 2 aromatic carbocycles. The maximum absolute atomic E-state index is 6.91. The van der Waals surface area contributed by atoms with Crippen LogP contribution in [0.15, 0.2) is 60.7 Å². The average molecular weight is 355 g/mol. The lowest BCUT2D eigenvalue weighted by molar-refractivity contribution is 0.0240. The molecule has 3 rings (SSSR count). The van der Waals surface area contributed by atoms with Crippen LogP contribution in [0.5, 0.6) is 0 Å². The van der Waals surface area contributed by atoms with Crippen LogP contribution in [-0.2, 0) is 9.16 Å². The number of rotatable bonds is 5. The molecule has 2 atom stereocenters. The molecular weight excluding hydrogens is 324 g/mol. The fourth-order valence-corrected chi connectivity index (χ4v) is 8.58. The van der Waals surface area contributed by atoms with Gasteiger partial charge in [-0.3, -0.25) is 0 Å². The molecule has 25 heavy (non-hydrogen) atoms. The van der Waals surface area contributed by atoms with E-state index in [1.54, 1.807) is 0 Å². The van der Waals surface area contributed by atoms with E-state index in [1.807, 2.05) is 0 Å². The minimum atomic E-state index is -2.42. The molecule has 1 aliphatic heterocycles. The first-order chi connectivity index (χ1) is 11.9. The van der Waals surface area contributed by atoms with E-state index in [0.717, 1.165) is 12.8 Å². The minimum absolute atomic E-state index is 0.0277. The van der Waals surface area contributed by atoms with Gasteiger partial charge in [0.1, 0.15) is 0 Å². The Labute approximate surface area is 153 Å². The highest BCUT2D eigenvalue weighted by atomic mass is 28.4. The average Bonchev–Trinajstić information content (AvgIpc) is 3.02. The highest BCUT2D eigenvalue weighted by Gasteiger charge is 2.50. The molecule has 1 saturated heterocycles. The maximum atomic E-state index is 6.91. The van der Waals surface area contributed by atoms with Gasteiger partial charge in [-0.25, -0.2) is 0 Å². The first-order valence-corrected chi connectivity index (χ1v) is 11.2. The van der Waals surface area contributed by atoms with E-state index in [1.165, 1.54) is 10.4 Å². The molecule has 2 aromatic rings. The molecule has 0 aromatic heterocycles. The molecule has 3 heteroatoms. The summed E-state index contributed by atoms with van der Waals surface area (Å²) >= 11 is 0. The second-order valence-corrected chi connectivity index (χ2v) is 12.4. The Morgan fingerprint density at radius 1 is 0.920 bits per heavy atom. The van der Waals surface area contributed by atoms with Gasteiger partial charge in [0.2, 0.25) is 0 Å². The van der Waals surface area contributed by atoms with E-state index >= 15 is 0 Å². The fourth-order valence-electron chi connectivity index (χ4n) is 3.99. The van der Waals surface area contributed by atoms with Crippen molar-refractivity contribution in [1.29, 1.82) is 0 Å². The Morgan fingerprint density at radius 3 is 1.84 bits per heavy atom. The maximum Gasteiger partial charge on any atom is 0.261 e. The molecule has 0 N–H and O–H groups in total. The van der Waals surface area contributed by atoms with Gasteiger partial charge in [-0.15, -0.1) is 0 Å². The Bertz CT molecular complexity index is 624. The van der Waals surface area contributed by atoms with E-state index < -0.39 is 8.32 Å². The zero-order valence-corrected chi connectivity index (χ0v) is 16.9. The van der Waals surface area contributed by atoms with Crippen molar-refractivity contribution in [3.8, 4) is 0 Å². The van der Waals surface area contributed by atoms with Crippen LogP contribution in [0.3, 0.4) is 0 Å². The first kappa shape index (κ1) is 18.4. The third-order valence-electron chi connectivity index (χ3n) is 5.22. The van der Waals surface area contributed by atoms with Gasteiger partial charge in [0.05, 0.1) is 18.8 Å². The monoisotopic (exact) mass is 354 g/mol. The topological polar surface area (TPSA) is 18.5 Å². The Hall–Kier alpha value is -1.42. The third-order valence-corrected chi connectivity index (χ3v) is 10.2. The highest BCUT2D eigenvalue weighted by Crippen LogP contribution is 2.37. The number of hydrogen-bond donors (Lipinski definition) is 0. The van der Waals surface area contributed by atoms with E-state index in [4.69, 9.17) is 9.16 Å². The van der Waals surface area contributed by atoms with Crippen LogP contribution in [0.2, 0.25) is 5.04 Å². The predicted octanol–water partition coefficient (Wildman–Crippen LogP) is 4.13. The molecule has 1 aliphatic rings. The van der Waals surface area contributed by atoms with Crippen molar-refractivity contribution in [2.24, 2.45) is 0 Å². The van der Waals surface area contributed by atoms with Gasteiger partial charge < -0.3 is 9.16 Å². The van der Waals surface area contributed by atoms with Crippen LogP contribution in [0.4, 0.5) is 0 Å². The van der Waals surface area contributed by atoms with Gasteiger partial charge in [-0.1, -0.05) is 81.4 Å². The summed E-state index contributed by atoms with van der Waals surface area (Å²) in [6, 6.07) is 21.6. The quantitative estimate of drug-likeness (QED) is 0.752. The van der Waals surface area contributed by atoms with Gasteiger partial charge in [0, 0.05) is 0 Å². The number of benzene rings is 2. The molecule has 0 amide bonds. The molecular formula is C22H30O2Si. The lowest BCUT2D eigenvalue weighted by Crippen LogP contribution is -2.67. The lowest BCUT2D eigenvalue weighted by Gasteiger charge is -2.43. The van der Waals surface area contributed by atoms with Gasteiger partial charge in [-0.2, -0.15) is 0 Å². The summed E-state index contributed by atoms with van der Waals surface area (Å²) in [7, 11) is -2.42. The number of ether oxygens (including phenoxy) is 1. The molecule has 0 bridgehead atoms. The van der Waals surface area contributed by atoms with Gasteiger partial charge in [-0.05, 0) is 35.2 Å². The summed E-state index contributed by atoms with van der Waals surface area (Å²) < 4.78 is 13.0. The van der Waals surface area contributed by atoms with E-state index in [2.05, 4.69) is 88.4 Å². The van der Waals surface area contributed by atoms with E-state index in [-0.39, 0.29) is 11.1 Å². The van der Waals surface area contributed by atoms with Crippen molar-refractivity contribution in [2.75, 3.05) is 6.61 Å². The number of hydrogen-bond acceptors (Lipinski definition) is 2. The van der Waals surface area contributed by atoms with Gasteiger partial charge in [0.15, 0.2) is 0 Å². The predicted molar refractivity (Wildman–Crippen MR) is 107 cm³/mol. The molecule has 0 radical (unpaired) electrons. The molecule has 0 aliphatic carbocycles. The van der Waals surface area contributed by atoms with Gasteiger partial charge in [0.25, 0.3) is 8.32 Å². The second-order valence-electron chi connectivity index (χ2n) is 8.12. The minimum Gasteiger partial charge on any atom is -0.405 e. The zero-order valence-electron chi connectivity index (χ0n) is 15.9. The van der Waals surface area contributed by atoms with Gasteiger partial charge >= 0.3 is 0 Å². The van der Waals surface area contributed by atoms with E-state index in [0.29, 0.717) is 12.7 Å².